The van der Waals surface area contributed by atoms with E-state index in [4.69, 9.17) is 0 Å². The smallest absolute Gasteiger partial charge is 0.00983 e. The van der Waals surface area contributed by atoms with E-state index in [0.29, 0.717) is 0 Å². The summed E-state index contributed by atoms with van der Waals surface area (Å²) in [6.07, 6.45) is 8.28. The molecule has 1 nitrogen and oxygen atoms in total. The molecule has 0 spiro atoms. The molecule has 0 aromatic heterocycles. The van der Waals surface area contributed by atoms with Crippen molar-refractivity contribution in [2.45, 2.75) is 65.3 Å². The first-order chi connectivity index (χ1) is 9.22. The van der Waals surface area contributed by atoms with Crippen molar-refractivity contribution in [3.63, 3.8) is 0 Å². The van der Waals surface area contributed by atoms with Gasteiger partial charge < -0.3 is 5.32 Å². The number of nitrogens with one attached hydrogen (secondary N) is 1. The molecule has 1 N–H and O–H groups in total. The molecule has 1 heteroatoms. The molecular weight excluding hydrogens is 230 g/mol. The molecule has 0 bridgehead atoms. The Morgan fingerprint density at radius 2 is 1.79 bits per heavy atom. The fraction of sp³-hybridized carbons (Fsp3) is 0.667. The average molecular weight is 259 g/mol. The Hall–Kier alpha value is -0.820. The molecule has 0 heterocycles. The summed E-state index contributed by atoms with van der Waals surface area (Å²) in [7, 11) is 0. The SMILES string of the molecule is CCNC(CCc1c(C)cccc1C)C1CCCC1. The summed E-state index contributed by atoms with van der Waals surface area (Å²) in [6.45, 7) is 7.84. The van der Waals surface area contributed by atoms with Gasteiger partial charge in [-0.25, -0.2) is 0 Å². The Labute approximate surface area is 118 Å². The molecule has 0 aliphatic heterocycles. The first-order valence-corrected chi connectivity index (χ1v) is 8.00. The zero-order chi connectivity index (χ0) is 13.7. The van der Waals surface area contributed by atoms with E-state index in [2.05, 4.69) is 44.3 Å². The summed E-state index contributed by atoms with van der Waals surface area (Å²) in [5, 5.41) is 3.73. The molecule has 2 rings (SSSR count). The highest BCUT2D eigenvalue weighted by Crippen LogP contribution is 2.30. The van der Waals surface area contributed by atoms with Gasteiger partial charge in [0.1, 0.15) is 0 Å². The Morgan fingerprint density at radius 1 is 1.16 bits per heavy atom. The first-order valence-electron chi connectivity index (χ1n) is 8.00. The van der Waals surface area contributed by atoms with Crippen molar-refractivity contribution in [1.82, 2.24) is 5.32 Å². The van der Waals surface area contributed by atoms with Gasteiger partial charge in [0.05, 0.1) is 0 Å². The van der Waals surface area contributed by atoms with E-state index in [0.717, 1.165) is 18.5 Å². The molecule has 0 amide bonds. The number of hydrogen-bond donors (Lipinski definition) is 1. The van der Waals surface area contributed by atoms with Gasteiger partial charge in [0, 0.05) is 6.04 Å². The van der Waals surface area contributed by atoms with Gasteiger partial charge in [-0.05, 0) is 68.7 Å². The van der Waals surface area contributed by atoms with Crippen molar-refractivity contribution in [1.29, 1.82) is 0 Å². The van der Waals surface area contributed by atoms with Crippen LogP contribution >= 0.6 is 0 Å². The molecule has 1 aliphatic rings. The highest BCUT2D eigenvalue weighted by molar-refractivity contribution is 5.33. The molecule has 1 unspecified atom stereocenters. The highest BCUT2D eigenvalue weighted by atomic mass is 14.9. The minimum Gasteiger partial charge on any atom is -0.314 e. The summed E-state index contributed by atoms with van der Waals surface area (Å²) >= 11 is 0. The molecule has 1 saturated carbocycles. The van der Waals surface area contributed by atoms with Crippen LogP contribution in [0.4, 0.5) is 0 Å². The minimum atomic E-state index is 0.728. The Morgan fingerprint density at radius 3 is 2.37 bits per heavy atom. The van der Waals surface area contributed by atoms with Gasteiger partial charge in [0.25, 0.3) is 0 Å². The molecule has 1 fully saturated rings. The maximum atomic E-state index is 3.73. The van der Waals surface area contributed by atoms with Crippen LogP contribution in [0.1, 0.15) is 55.7 Å². The van der Waals surface area contributed by atoms with E-state index in [1.165, 1.54) is 49.7 Å². The monoisotopic (exact) mass is 259 g/mol. The maximum absolute atomic E-state index is 3.73. The second kappa shape index (κ2) is 7.09. The van der Waals surface area contributed by atoms with Gasteiger partial charge in [-0.3, -0.25) is 0 Å². The van der Waals surface area contributed by atoms with Crippen LogP contribution < -0.4 is 5.32 Å². The zero-order valence-corrected chi connectivity index (χ0v) is 12.8. The average Bonchev–Trinajstić information content (AvgIpc) is 2.90. The van der Waals surface area contributed by atoms with Gasteiger partial charge in [-0.15, -0.1) is 0 Å². The molecule has 106 valence electrons. The van der Waals surface area contributed by atoms with Gasteiger partial charge in [0.2, 0.25) is 0 Å². The van der Waals surface area contributed by atoms with E-state index < -0.39 is 0 Å². The van der Waals surface area contributed by atoms with Gasteiger partial charge in [0.15, 0.2) is 0 Å². The zero-order valence-electron chi connectivity index (χ0n) is 12.8. The summed E-state index contributed by atoms with van der Waals surface area (Å²) in [5.74, 6) is 0.921. The minimum absolute atomic E-state index is 0.728. The Bertz CT molecular complexity index is 370. The molecule has 0 saturated heterocycles. The standard InChI is InChI=1S/C18H29N/c1-4-19-18(16-10-5-6-11-16)13-12-17-14(2)8-7-9-15(17)3/h7-9,16,18-19H,4-6,10-13H2,1-3H3. The highest BCUT2D eigenvalue weighted by Gasteiger charge is 2.24. The van der Waals surface area contributed by atoms with Crippen molar-refractivity contribution < 1.29 is 0 Å². The van der Waals surface area contributed by atoms with Crippen LogP contribution in [0.25, 0.3) is 0 Å². The molecule has 0 radical (unpaired) electrons. The maximum Gasteiger partial charge on any atom is 0.00983 e. The van der Waals surface area contributed by atoms with Crippen molar-refractivity contribution in [2.75, 3.05) is 6.54 Å². The molecule has 1 aliphatic carbocycles. The lowest BCUT2D eigenvalue weighted by Gasteiger charge is -2.25. The third-order valence-electron chi connectivity index (χ3n) is 4.78. The lowest BCUT2D eigenvalue weighted by atomic mass is 9.90. The molecule has 19 heavy (non-hydrogen) atoms. The van der Waals surface area contributed by atoms with Crippen LogP contribution in [0.5, 0.6) is 0 Å². The van der Waals surface area contributed by atoms with Crippen LogP contribution in [-0.4, -0.2) is 12.6 Å². The second-order valence-electron chi connectivity index (χ2n) is 6.12. The first kappa shape index (κ1) is 14.6. The van der Waals surface area contributed by atoms with E-state index in [-0.39, 0.29) is 0 Å². The largest absolute Gasteiger partial charge is 0.314 e. The predicted molar refractivity (Wildman–Crippen MR) is 83.7 cm³/mol. The van der Waals surface area contributed by atoms with Crippen LogP contribution in [0.3, 0.4) is 0 Å². The van der Waals surface area contributed by atoms with Crippen LogP contribution in [0.15, 0.2) is 18.2 Å². The van der Waals surface area contributed by atoms with E-state index in [9.17, 15) is 0 Å². The number of aryl methyl sites for hydroxylation is 2. The predicted octanol–water partition coefficient (Wildman–Crippen LogP) is 4.40. The fourth-order valence-electron chi connectivity index (χ4n) is 3.67. The third-order valence-corrected chi connectivity index (χ3v) is 4.78. The quantitative estimate of drug-likeness (QED) is 0.798. The van der Waals surface area contributed by atoms with Gasteiger partial charge >= 0.3 is 0 Å². The van der Waals surface area contributed by atoms with E-state index in [1.807, 2.05) is 0 Å². The summed E-state index contributed by atoms with van der Waals surface area (Å²) in [5.41, 5.74) is 4.49. The van der Waals surface area contributed by atoms with E-state index >= 15 is 0 Å². The molecule has 1 aromatic rings. The molecule has 1 aromatic carbocycles. The van der Waals surface area contributed by atoms with Crippen molar-refractivity contribution in [2.24, 2.45) is 5.92 Å². The fourth-order valence-corrected chi connectivity index (χ4v) is 3.67. The summed E-state index contributed by atoms with van der Waals surface area (Å²) in [4.78, 5) is 0. The van der Waals surface area contributed by atoms with Crippen LogP contribution in [0.2, 0.25) is 0 Å². The lowest BCUT2D eigenvalue weighted by Crippen LogP contribution is -2.35. The van der Waals surface area contributed by atoms with Crippen molar-refractivity contribution in [3.05, 3.63) is 34.9 Å². The van der Waals surface area contributed by atoms with Crippen LogP contribution in [0, 0.1) is 19.8 Å². The number of hydrogen-bond acceptors (Lipinski definition) is 1. The number of rotatable bonds is 6. The summed E-state index contributed by atoms with van der Waals surface area (Å²) < 4.78 is 0. The molecular formula is C18H29N. The van der Waals surface area contributed by atoms with Crippen LogP contribution in [-0.2, 0) is 6.42 Å². The Balaban J connectivity index is 1.98. The number of benzene rings is 1. The van der Waals surface area contributed by atoms with Crippen molar-refractivity contribution >= 4 is 0 Å². The summed E-state index contributed by atoms with van der Waals surface area (Å²) in [6, 6.07) is 7.40. The van der Waals surface area contributed by atoms with E-state index in [1.54, 1.807) is 5.56 Å². The topological polar surface area (TPSA) is 12.0 Å². The second-order valence-corrected chi connectivity index (χ2v) is 6.12. The van der Waals surface area contributed by atoms with Gasteiger partial charge in [-0.2, -0.15) is 0 Å². The van der Waals surface area contributed by atoms with Crippen molar-refractivity contribution in [3.8, 4) is 0 Å². The molecule has 1 atom stereocenters. The lowest BCUT2D eigenvalue weighted by molar-refractivity contribution is 0.346. The third kappa shape index (κ3) is 3.82. The van der Waals surface area contributed by atoms with Gasteiger partial charge in [-0.1, -0.05) is 38.0 Å². The normalized spacial score (nSPS) is 17.8. The Kier molecular flexibility index (Phi) is 5.45.